The van der Waals surface area contributed by atoms with Gasteiger partial charge in [-0.1, -0.05) is 23.2 Å². The van der Waals surface area contributed by atoms with Gasteiger partial charge in [-0.15, -0.1) is 0 Å². The molecule has 0 aliphatic carbocycles. The van der Waals surface area contributed by atoms with E-state index in [0.717, 1.165) is 0 Å². The lowest BCUT2D eigenvalue weighted by atomic mass is 10.2. The van der Waals surface area contributed by atoms with Crippen molar-refractivity contribution in [2.45, 2.75) is 0 Å². The Morgan fingerprint density at radius 3 is 2.41 bits per heavy atom. The highest BCUT2D eigenvalue weighted by Gasteiger charge is 2.08. The summed E-state index contributed by atoms with van der Waals surface area (Å²) in [5.41, 5.74) is 1.76. The zero-order chi connectivity index (χ0) is 16.1. The summed E-state index contributed by atoms with van der Waals surface area (Å²) in [7, 11) is 2.87. The van der Waals surface area contributed by atoms with Crippen molar-refractivity contribution in [3.05, 3.63) is 57.6 Å². The summed E-state index contributed by atoms with van der Waals surface area (Å²) in [4.78, 5) is 15.7. The number of esters is 1. The van der Waals surface area contributed by atoms with Crippen LogP contribution < -0.4 is 4.74 Å². The molecular formula is C16H13Cl2NO3. The number of carbonyl (C=O) groups excluding carboxylic acids is 1. The van der Waals surface area contributed by atoms with Gasteiger partial charge in [-0.25, -0.2) is 4.79 Å². The van der Waals surface area contributed by atoms with E-state index in [1.54, 1.807) is 42.6 Å². The molecule has 0 bridgehead atoms. The van der Waals surface area contributed by atoms with Gasteiger partial charge in [0.2, 0.25) is 0 Å². The minimum atomic E-state index is -0.391. The van der Waals surface area contributed by atoms with Crippen molar-refractivity contribution >= 4 is 41.1 Å². The third-order valence-electron chi connectivity index (χ3n) is 2.91. The van der Waals surface area contributed by atoms with Gasteiger partial charge >= 0.3 is 5.97 Å². The van der Waals surface area contributed by atoms with Crippen LogP contribution in [0, 0.1) is 0 Å². The summed E-state index contributed by atoms with van der Waals surface area (Å²) in [6.45, 7) is 0. The summed E-state index contributed by atoms with van der Waals surface area (Å²) in [6, 6.07) is 9.97. The third kappa shape index (κ3) is 3.78. The smallest absolute Gasteiger partial charge is 0.337 e. The van der Waals surface area contributed by atoms with E-state index in [0.29, 0.717) is 32.6 Å². The van der Waals surface area contributed by atoms with Gasteiger partial charge in [0.25, 0.3) is 0 Å². The molecule has 0 unspecified atom stereocenters. The molecule has 6 heteroatoms. The van der Waals surface area contributed by atoms with Crippen LogP contribution in [0.5, 0.6) is 5.75 Å². The number of aliphatic imine (C=N–C) groups is 1. The van der Waals surface area contributed by atoms with Crippen molar-refractivity contribution < 1.29 is 14.3 Å². The standard InChI is InChI=1S/C16H13Cl2NO3/c1-21-15-8-11(17)7-14(18)13(15)9-19-12-5-3-10(4-6-12)16(20)22-2/h3-9H,1-2H3. The number of hydrogen-bond donors (Lipinski definition) is 0. The number of hydrogen-bond acceptors (Lipinski definition) is 4. The molecule has 0 saturated carbocycles. The van der Waals surface area contributed by atoms with Crippen LogP contribution in [0.3, 0.4) is 0 Å². The lowest BCUT2D eigenvalue weighted by Crippen LogP contribution is -1.99. The Hall–Kier alpha value is -2.04. The zero-order valence-corrected chi connectivity index (χ0v) is 13.5. The molecule has 2 rings (SSSR count). The Morgan fingerprint density at radius 1 is 1.14 bits per heavy atom. The fraction of sp³-hybridized carbons (Fsp3) is 0.125. The number of nitrogens with zero attached hydrogens (tertiary/aromatic N) is 1. The predicted octanol–water partition coefficient (Wildman–Crippen LogP) is 4.54. The number of rotatable bonds is 4. The molecule has 2 aromatic carbocycles. The van der Waals surface area contributed by atoms with Gasteiger partial charge in [-0.05, 0) is 36.4 Å². The summed E-state index contributed by atoms with van der Waals surface area (Å²) < 4.78 is 9.88. The minimum absolute atomic E-state index is 0.391. The van der Waals surface area contributed by atoms with Crippen molar-refractivity contribution in [3.8, 4) is 5.75 Å². The van der Waals surface area contributed by atoms with E-state index in [1.165, 1.54) is 14.2 Å². The molecule has 4 nitrogen and oxygen atoms in total. The van der Waals surface area contributed by atoms with E-state index in [2.05, 4.69) is 9.73 Å². The third-order valence-corrected chi connectivity index (χ3v) is 3.44. The van der Waals surface area contributed by atoms with E-state index in [9.17, 15) is 4.79 Å². The number of halogens is 2. The molecule has 0 spiro atoms. The molecule has 0 saturated heterocycles. The highest BCUT2D eigenvalue weighted by molar-refractivity contribution is 6.36. The Morgan fingerprint density at radius 2 is 1.82 bits per heavy atom. The van der Waals surface area contributed by atoms with Gasteiger partial charge in [0.15, 0.2) is 0 Å². The van der Waals surface area contributed by atoms with Gasteiger partial charge in [-0.2, -0.15) is 0 Å². The predicted molar refractivity (Wildman–Crippen MR) is 88.0 cm³/mol. The molecule has 0 radical (unpaired) electrons. The van der Waals surface area contributed by atoms with Crippen LogP contribution in [0.2, 0.25) is 10.0 Å². The van der Waals surface area contributed by atoms with Crippen LogP contribution in [0.1, 0.15) is 15.9 Å². The number of carbonyl (C=O) groups is 1. The van der Waals surface area contributed by atoms with Crippen LogP contribution in [0.15, 0.2) is 41.4 Å². The molecule has 0 N–H and O–H groups in total. The summed E-state index contributed by atoms with van der Waals surface area (Å²) in [6.07, 6.45) is 1.59. The van der Waals surface area contributed by atoms with Gasteiger partial charge in [0.1, 0.15) is 5.75 Å². The molecule has 0 atom stereocenters. The average molecular weight is 338 g/mol. The summed E-state index contributed by atoms with van der Waals surface area (Å²) in [5.74, 6) is 0.144. The van der Waals surface area contributed by atoms with Crippen molar-refractivity contribution in [2.75, 3.05) is 14.2 Å². The molecule has 22 heavy (non-hydrogen) atoms. The summed E-state index contributed by atoms with van der Waals surface area (Å²) in [5, 5.41) is 0.931. The molecule has 0 aromatic heterocycles. The second-order valence-corrected chi connectivity index (χ2v) is 5.14. The van der Waals surface area contributed by atoms with E-state index in [-0.39, 0.29) is 0 Å². The normalized spacial score (nSPS) is 10.7. The van der Waals surface area contributed by atoms with E-state index in [1.807, 2.05) is 0 Å². The zero-order valence-electron chi connectivity index (χ0n) is 12.0. The second-order valence-electron chi connectivity index (χ2n) is 4.30. The maximum atomic E-state index is 11.4. The Kier molecular flexibility index (Phi) is 5.41. The highest BCUT2D eigenvalue weighted by Crippen LogP contribution is 2.30. The Balaban J connectivity index is 2.27. The monoisotopic (exact) mass is 337 g/mol. The number of methoxy groups -OCH3 is 2. The topological polar surface area (TPSA) is 47.9 Å². The molecular weight excluding hydrogens is 325 g/mol. The molecule has 0 fully saturated rings. The maximum Gasteiger partial charge on any atom is 0.337 e. The SMILES string of the molecule is COC(=O)c1ccc(N=Cc2c(Cl)cc(Cl)cc2OC)cc1. The first-order valence-electron chi connectivity index (χ1n) is 6.30. The van der Waals surface area contributed by atoms with Crippen LogP contribution in [0.25, 0.3) is 0 Å². The van der Waals surface area contributed by atoms with Gasteiger partial charge in [0, 0.05) is 11.2 Å². The quantitative estimate of drug-likeness (QED) is 0.607. The van der Waals surface area contributed by atoms with Crippen LogP contribution in [0.4, 0.5) is 5.69 Å². The summed E-state index contributed by atoms with van der Waals surface area (Å²) >= 11 is 12.1. The Bertz CT molecular complexity index is 712. The van der Waals surface area contributed by atoms with Gasteiger partial charge < -0.3 is 9.47 Å². The second kappa shape index (κ2) is 7.29. The van der Waals surface area contributed by atoms with Crippen molar-refractivity contribution in [1.82, 2.24) is 0 Å². The first-order valence-corrected chi connectivity index (χ1v) is 7.06. The fourth-order valence-electron chi connectivity index (χ4n) is 1.80. The molecule has 114 valence electrons. The number of benzene rings is 2. The lowest BCUT2D eigenvalue weighted by molar-refractivity contribution is 0.0601. The van der Waals surface area contributed by atoms with Crippen LogP contribution in [-0.4, -0.2) is 26.4 Å². The van der Waals surface area contributed by atoms with Crippen LogP contribution >= 0.6 is 23.2 Å². The molecule has 0 aliphatic heterocycles. The first-order chi connectivity index (χ1) is 10.5. The largest absolute Gasteiger partial charge is 0.496 e. The van der Waals surface area contributed by atoms with E-state index in [4.69, 9.17) is 27.9 Å². The molecule has 0 heterocycles. The van der Waals surface area contributed by atoms with Crippen molar-refractivity contribution in [1.29, 1.82) is 0 Å². The Labute approximate surface area is 138 Å². The number of ether oxygens (including phenoxy) is 2. The van der Waals surface area contributed by atoms with Gasteiger partial charge in [-0.3, -0.25) is 4.99 Å². The van der Waals surface area contributed by atoms with Gasteiger partial charge in [0.05, 0.1) is 36.1 Å². The molecule has 2 aromatic rings. The molecule has 0 aliphatic rings. The minimum Gasteiger partial charge on any atom is -0.496 e. The van der Waals surface area contributed by atoms with Crippen LogP contribution in [-0.2, 0) is 4.74 Å². The first kappa shape index (κ1) is 16.3. The van der Waals surface area contributed by atoms with E-state index < -0.39 is 5.97 Å². The van der Waals surface area contributed by atoms with Crippen molar-refractivity contribution in [3.63, 3.8) is 0 Å². The molecule has 0 amide bonds. The lowest BCUT2D eigenvalue weighted by Gasteiger charge is -2.07. The van der Waals surface area contributed by atoms with E-state index >= 15 is 0 Å². The average Bonchev–Trinajstić information content (AvgIpc) is 2.53. The van der Waals surface area contributed by atoms with Crippen molar-refractivity contribution in [2.24, 2.45) is 4.99 Å². The maximum absolute atomic E-state index is 11.4. The highest BCUT2D eigenvalue weighted by atomic mass is 35.5. The fourth-order valence-corrected chi connectivity index (χ4v) is 2.32.